The lowest BCUT2D eigenvalue weighted by molar-refractivity contribution is 0.270. The van der Waals surface area contributed by atoms with Gasteiger partial charge in [-0.1, -0.05) is 27.7 Å². The molecule has 0 radical (unpaired) electrons. The summed E-state index contributed by atoms with van der Waals surface area (Å²) in [5, 5.41) is 3.17. The van der Waals surface area contributed by atoms with Crippen LogP contribution in [0.3, 0.4) is 0 Å². The molecule has 0 unspecified atom stereocenters. The molecule has 1 aromatic carbocycles. The highest BCUT2D eigenvalue weighted by Crippen LogP contribution is 2.23. The van der Waals surface area contributed by atoms with Gasteiger partial charge in [0, 0.05) is 6.54 Å². The van der Waals surface area contributed by atoms with Gasteiger partial charge in [0.2, 0.25) is 0 Å². The molecule has 0 saturated carbocycles. The lowest BCUT2D eigenvalue weighted by Gasteiger charge is -2.12. The third kappa shape index (κ3) is 6.89. The third-order valence-corrected chi connectivity index (χ3v) is 3.11. The number of ether oxygens (including phenoxy) is 1. The van der Waals surface area contributed by atoms with Crippen LogP contribution in [0, 0.1) is 23.5 Å². The van der Waals surface area contributed by atoms with Crippen molar-refractivity contribution in [1.82, 2.24) is 5.32 Å². The van der Waals surface area contributed by atoms with Gasteiger partial charge < -0.3 is 10.1 Å². The van der Waals surface area contributed by atoms with Gasteiger partial charge in [0.05, 0.1) is 6.61 Å². The lowest BCUT2D eigenvalue weighted by atomic mass is 10.1. The molecular formula is C17H27F2NO. The van der Waals surface area contributed by atoms with Crippen LogP contribution in [-0.4, -0.2) is 13.2 Å². The minimum absolute atomic E-state index is 0.258. The van der Waals surface area contributed by atoms with E-state index in [9.17, 15) is 8.78 Å². The summed E-state index contributed by atoms with van der Waals surface area (Å²) in [7, 11) is 0. The fraction of sp³-hybridized carbons (Fsp3) is 0.647. The summed E-state index contributed by atoms with van der Waals surface area (Å²) in [6.45, 7) is 10.0. The summed E-state index contributed by atoms with van der Waals surface area (Å²) in [6.07, 6.45) is 1.79. The first kappa shape index (κ1) is 17.9. The number of nitrogens with one attached hydrogen (secondary N) is 1. The molecule has 0 amide bonds. The van der Waals surface area contributed by atoms with E-state index >= 15 is 0 Å². The van der Waals surface area contributed by atoms with E-state index in [0.717, 1.165) is 19.4 Å². The Balaban J connectivity index is 2.54. The molecule has 0 aliphatic rings. The largest absolute Gasteiger partial charge is 0.488 e. The summed E-state index contributed by atoms with van der Waals surface area (Å²) in [5.74, 6) is -0.436. The van der Waals surface area contributed by atoms with Crippen LogP contribution in [0.25, 0.3) is 0 Å². The molecule has 0 spiro atoms. The molecule has 0 atom stereocenters. The van der Waals surface area contributed by atoms with Gasteiger partial charge >= 0.3 is 0 Å². The highest BCUT2D eigenvalue weighted by Gasteiger charge is 2.12. The first-order chi connectivity index (χ1) is 9.90. The predicted octanol–water partition coefficient (Wildman–Crippen LogP) is 4.53. The smallest absolute Gasteiger partial charge is 0.190 e. The Labute approximate surface area is 126 Å². The van der Waals surface area contributed by atoms with E-state index in [1.807, 2.05) is 0 Å². The quantitative estimate of drug-likeness (QED) is 0.677. The van der Waals surface area contributed by atoms with Crippen molar-refractivity contribution in [2.45, 2.75) is 47.1 Å². The normalized spacial score (nSPS) is 11.4. The molecule has 4 heteroatoms. The van der Waals surface area contributed by atoms with Crippen LogP contribution in [0.4, 0.5) is 8.78 Å². The van der Waals surface area contributed by atoms with Crippen LogP contribution in [0.15, 0.2) is 12.1 Å². The fourth-order valence-electron chi connectivity index (χ4n) is 2.02. The van der Waals surface area contributed by atoms with Gasteiger partial charge in [-0.15, -0.1) is 0 Å². The first-order valence-electron chi connectivity index (χ1n) is 7.71. The zero-order valence-corrected chi connectivity index (χ0v) is 13.5. The van der Waals surface area contributed by atoms with Crippen molar-refractivity contribution in [2.75, 3.05) is 13.2 Å². The summed E-state index contributed by atoms with van der Waals surface area (Å²) in [5.41, 5.74) is 0.597. The molecule has 1 aromatic rings. The van der Waals surface area contributed by atoms with E-state index in [0.29, 0.717) is 30.6 Å². The molecule has 0 aromatic heterocycles. The number of rotatable bonds is 9. The van der Waals surface area contributed by atoms with Crippen molar-refractivity contribution in [2.24, 2.45) is 11.8 Å². The monoisotopic (exact) mass is 299 g/mol. The van der Waals surface area contributed by atoms with E-state index in [4.69, 9.17) is 4.74 Å². The number of halogens is 2. The summed E-state index contributed by atoms with van der Waals surface area (Å²) in [6, 6.07) is 2.68. The average Bonchev–Trinajstić information content (AvgIpc) is 2.36. The Hall–Kier alpha value is -1.16. The molecule has 21 heavy (non-hydrogen) atoms. The molecule has 0 heterocycles. The van der Waals surface area contributed by atoms with Crippen molar-refractivity contribution < 1.29 is 13.5 Å². The van der Waals surface area contributed by atoms with E-state index in [1.165, 1.54) is 12.1 Å². The second-order valence-electron chi connectivity index (χ2n) is 6.30. The van der Waals surface area contributed by atoms with Crippen LogP contribution in [0.1, 0.15) is 46.1 Å². The number of hydrogen-bond donors (Lipinski definition) is 1. The number of benzene rings is 1. The van der Waals surface area contributed by atoms with Gasteiger partial charge in [-0.2, -0.15) is 0 Å². The van der Waals surface area contributed by atoms with Crippen molar-refractivity contribution in [3.63, 3.8) is 0 Å². The maximum Gasteiger partial charge on any atom is 0.190 e. The molecule has 0 fully saturated rings. The molecule has 0 aliphatic carbocycles. The Bertz CT molecular complexity index is 410. The summed E-state index contributed by atoms with van der Waals surface area (Å²) < 4.78 is 33.0. The highest BCUT2D eigenvalue weighted by atomic mass is 19.1. The Kier molecular flexibility index (Phi) is 7.65. The molecule has 120 valence electrons. The van der Waals surface area contributed by atoms with Crippen LogP contribution >= 0.6 is 0 Å². The second kappa shape index (κ2) is 8.98. The van der Waals surface area contributed by atoms with Crippen molar-refractivity contribution in [3.05, 3.63) is 29.3 Å². The molecule has 0 aliphatic heterocycles. The Morgan fingerprint density at radius 1 is 1.05 bits per heavy atom. The molecule has 0 saturated heterocycles. The molecule has 1 N–H and O–H groups in total. The fourth-order valence-corrected chi connectivity index (χ4v) is 2.02. The first-order valence-corrected chi connectivity index (χ1v) is 7.71. The van der Waals surface area contributed by atoms with Crippen LogP contribution < -0.4 is 10.1 Å². The van der Waals surface area contributed by atoms with E-state index in [1.54, 1.807) is 0 Å². The zero-order valence-electron chi connectivity index (χ0n) is 13.5. The Morgan fingerprint density at radius 2 is 1.67 bits per heavy atom. The molecular weight excluding hydrogens is 272 g/mol. The minimum Gasteiger partial charge on any atom is -0.488 e. The third-order valence-electron chi connectivity index (χ3n) is 3.11. The van der Waals surface area contributed by atoms with Crippen LogP contribution in [0.2, 0.25) is 0 Å². The highest BCUT2D eigenvalue weighted by molar-refractivity contribution is 5.31. The standard InChI is InChI=1S/C17H27F2NO/c1-12(2)6-5-7-21-17-15(18)8-14(9-16(17)19)11-20-10-13(3)4/h8-9,12-13,20H,5-7,10-11H2,1-4H3. The van der Waals surface area contributed by atoms with Gasteiger partial charge in [-0.25, -0.2) is 8.78 Å². The van der Waals surface area contributed by atoms with E-state index < -0.39 is 11.6 Å². The van der Waals surface area contributed by atoms with Crippen molar-refractivity contribution in [1.29, 1.82) is 0 Å². The SMILES string of the molecule is CC(C)CCCOc1c(F)cc(CNCC(C)C)cc1F. The maximum absolute atomic E-state index is 13.9. The van der Waals surface area contributed by atoms with Crippen molar-refractivity contribution in [3.8, 4) is 5.75 Å². The summed E-state index contributed by atoms with van der Waals surface area (Å²) in [4.78, 5) is 0. The topological polar surface area (TPSA) is 21.3 Å². The van der Waals surface area contributed by atoms with E-state index in [-0.39, 0.29) is 5.75 Å². The van der Waals surface area contributed by atoms with Crippen molar-refractivity contribution >= 4 is 0 Å². The van der Waals surface area contributed by atoms with Gasteiger partial charge in [0.15, 0.2) is 17.4 Å². The van der Waals surface area contributed by atoms with Crippen LogP contribution in [0.5, 0.6) is 5.75 Å². The van der Waals surface area contributed by atoms with Gasteiger partial charge in [0.25, 0.3) is 0 Å². The molecule has 0 bridgehead atoms. The van der Waals surface area contributed by atoms with E-state index in [2.05, 4.69) is 33.0 Å². The van der Waals surface area contributed by atoms with Crippen LogP contribution in [-0.2, 0) is 6.54 Å². The summed E-state index contributed by atoms with van der Waals surface area (Å²) >= 11 is 0. The second-order valence-corrected chi connectivity index (χ2v) is 6.30. The predicted molar refractivity (Wildman–Crippen MR) is 82.5 cm³/mol. The maximum atomic E-state index is 13.9. The minimum atomic E-state index is -0.624. The Morgan fingerprint density at radius 3 is 2.19 bits per heavy atom. The molecule has 2 nitrogen and oxygen atoms in total. The van der Waals surface area contributed by atoms with Gasteiger partial charge in [-0.3, -0.25) is 0 Å². The average molecular weight is 299 g/mol. The van der Waals surface area contributed by atoms with Gasteiger partial charge in [0.1, 0.15) is 0 Å². The lowest BCUT2D eigenvalue weighted by Crippen LogP contribution is -2.19. The molecule has 1 rings (SSSR count). The van der Waals surface area contributed by atoms with Gasteiger partial charge in [-0.05, 0) is 48.9 Å². The number of hydrogen-bond acceptors (Lipinski definition) is 2. The zero-order chi connectivity index (χ0) is 15.8.